The second-order valence-corrected chi connectivity index (χ2v) is 6.77. The molecule has 2 aliphatic rings. The minimum atomic E-state index is -1.10. The van der Waals surface area contributed by atoms with Gasteiger partial charge in [0.2, 0.25) is 0 Å². The third-order valence-electron chi connectivity index (χ3n) is 5.30. The molecular formula is C17H20O4. The van der Waals surface area contributed by atoms with Gasteiger partial charge < -0.3 is 9.84 Å². The van der Waals surface area contributed by atoms with Crippen LogP contribution in [0, 0.1) is 17.3 Å². The van der Waals surface area contributed by atoms with Crippen LogP contribution in [0.4, 0.5) is 0 Å². The highest BCUT2D eigenvalue weighted by molar-refractivity contribution is 6.02. The molecule has 2 fully saturated rings. The molecule has 4 heteroatoms. The van der Waals surface area contributed by atoms with Crippen molar-refractivity contribution in [1.82, 2.24) is 0 Å². The summed E-state index contributed by atoms with van der Waals surface area (Å²) >= 11 is 0. The molecule has 1 aromatic carbocycles. The fourth-order valence-electron chi connectivity index (χ4n) is 4.08. The molecule has 0 saturated heterocycles. The van der Waals surface area contributed by atoms with Gasteiger partial charge in [-0.05, 0) is 43.2 Å². The maximum Gasteiger partial charge on any atom is 0.339 e. The molecule has 21 heavy (non-hydrogen) atoms. The number of hydrogen-bond acceptors (Lipinski definition) is 3. The summed E-state index contributed by atoms with van der Waals surface area (Å²) in [6.07, 6.45) is 3.32. The monoisotopic (exact) mass is 288 g/mol. The van der Waals surface area contributed by atoms with Crippen LogP contribution in [-0.2, 0) is 4.74 Å². The Kier molecular flexibility index (Phi) is 3.27. The Morgan fingerprint density at radius 3 is 2.43 bits per heavy atom. The van der Waals surface area contributed by atoms with Crippen molar-refractivity contribution in [2.45, 2.75) is 39.2 Å². The normalized spacial score (nSPS) is 29.3. The number of aromatic carboxylic acids is 1. The van der Waals surface area contributed by atoms with Gasteiger partial charge in [0.1, 0.15) is 6.10 Å². The first-order valence-electron chi connectivity index (χ1n) is 7.44. The van der Waals surface area contributed by atoms with Crippen LogP contribution >= 0.6 is 0 Å². The van der Waals surface area contributed by atoms with Crippen LogP contribution in [0.3, 0.4) is 0 Å². The Morgan fingerprint density at radius 2 is 1.86 bits per heavy atom. The van der Waals surface area contributed by atoms with Crippen molar-refractivity contribution in [1.29, 1.82) is 0 Å². The van der Waals surface area contributed by atoms with Crippen LogP contribution in [0.1, 0.15) is 53.8 Å². The van der Waals surface area contributed by atoms with Crippen LogP contribution in [0.2, 0.25) is 0 Å². The van der Waals surface area contributed by atoms with Crippen LogP contribution in [0.5, 0.6) is 0 Å². The molecule has 3 atom stereocenters. The van der Waals surface area contributed by atoms with Crippen molar-refractivity contribution in [2.24, 2.45) is 17.3 Å². The van der Waals surface area contributed by atoms with Gasteiger partial charge in [0.05, 0.1) is 11.1 Å². The first kappa shape index (κ1) is 14.1. The fourth-order valence-corrected chi connectivity index (χ4v) is 4.08. The lowest BCUT2D eigenvalue weighted by atomic mass is 9.74. The molecule has 0 unspecified atom stereocenters. The first-order valence-corrected chi connectivity index (χ1v) is 7.44. The number of hydrogen-bond donors (Lipinski definition) is 1. The molecule has 0 radical (unpaired) electrons. The van der Waals surface area contributed by atoms with E-state index < -0.39 is 11.9 Å². The topological polar surface area (TPSA) is 63.6 Å². The molecule has 3 rings (SSSR count). The average molecular weight is 288 g/mol. The standard InChI is InChI=1S/C17H20O4/c1-17(2)11-8-7-10(9-11)14(17)21-16(20)13-6-4-3-5-12(13)15(18)19/h3-6,10-11,14H,7-9H2,1-2H3,(H,18,19)/t10-,11-,14+/m1/s1. The van der Waals surface area contributed by atoms with E-state index in [1.54, 1.807) is 12.1 Å². The van der Waals surface area contributed by atoms with Gasteiger partial charge >= 0.3 is 11.9 Å². The minimum absolute atomic E-state index is 0.00321. The summed E-state index contributed by atoms with van der Waals surface area (Å²) in [7, 11) is 0. The molecule has 0 aromatic heterocycles. The number of carboxylic acids is 1. The van der Waals surface area contributed by atoms with E-state index in [9.17, 15) is 14.7 Å². The van der Waals surface area contributed by atoms with Gasteiger partial charge in [-0.15, -0.1) is 0 Å². The Balaban J connectivity index is 1.83. The molecule has 0 heterocycles. The number of rotatable bonds is 3. The van der Waals surface area contributed by atoms with Gasteiger partial charge in [-0.3, -0.25) is 0 Å². The minimum Gasteiger partial charge on any atom is -0.478 e. The number of esters is 1. The molecule has 2 bridgehead atoms. The smallest absolute Gasteiger partial charge is 0.339 e. The Hall–Kier alpha value is -1.84. The zero-order valence-electron chi connectivity index (χ0n) is 12.3. The van der Waals surface area contributed by atoms with Crippen molar-refractivity contribution in [3.63, 3.8) is 0 Å². The number of benzene rings is 1. The summed E-state index contributed by atoms with van der Waals surface area (Å²) in [5, 5.41) is 9.18. The molecule has 4 nitrogen and oxygen atoms in total. The van der Waals surface area contributed by atoms with Crippen LogP contribution in [0.15, 0.2) is 24.3 Å². The van der Waals surface area contributed by atoms with Gasteiger partial charge in [-0.25, -0.2) is 9.59 Å². The molecule has 0 amide bonds. The summed E-state index contributed by atoms with van der Waals surface area (Å²) in [6.45, 7) is 4.30. The fraction of sp³-hybridized carbons (Fsp3) is 0.529. The van der Waals surface area contributed by atoms with Crippen LogP contribution in [0.25, 0.3) is 0 Å². The third kappa shape index (κ3) is 2.23. The zero-order chi connectivity index (χ0) is 15.2. The molecular weight excluding hydrogens is 268 g/mol. The maximum absolute atomic E-state index is 12.4. The molecule has 2 aliphatic carbocycles. The van der Waals surface area contributed by atoms with E-state index in [1.165, 1.54) is 18.6 Å². The highest BCUT2D eigenvalue weighted by Gasteiger charge is 2.54. The molecule has 0 spiro atoms. The van der Waals surface area contributed by atoms with Gasteiger partial charge in [-0.1, -0.05) is 26.0 Å². The van der Waals surface area contributed by atoms with E-state index in [1.807, 2.05) is 0 Å². The van der Waals surface area contributed by atoms with Crippen molar-refractivity contribution >= 4 is 11.9 Å². The van der Waals surface area contributed by atoms with E-state index in [4.69, 9.17) is 4.74 Å². The second kappa shape index (κ2) is 4.86. The van der Waals surface area contributed by atoms with Crippen molar-refractivity contribution in [3.8, 4) is 0 Å². The summed E-state index contributed by atoms with van der Waals surface area (Å²) in [4.78, 5) is 23.6. The largest absolute Gasteiger partial charge is 0.478 e. The molecule has 1 N–H and O–H groups in total. The second-order valence-electron chi connectivity index (χ2n) is 6.77. The highest BCUT2D eigenvalue weighted by atomic mass is 16.5. The highest BCUT2D eigenvalue weighted by Crippen LogP contribution is 2.56. The van der Waals surface area contributed by atoms with E-state index >= 15 is 0 Å². The lowest BCUT2D eigenvalue weighted by Crippen LogP contribution is -2.39. The quantitative estimate of drug-likeness (QED) is 0.866. The van der Waals surface area contributed by atoms with E-state index in [-0.39, 0.29) is 22.6 Å². The third-order valence-corrected chi connectivity index (χ3v) is 5.30. The number of carbonyl (C=O) groups is 2. The Labute approximate surface area is 124 Å². The lowest BCUT2D eigenvalue weighted by Gasteiger charge is -2.37. The van der Waals surface area contributed by atoms with Crippen molar-refractivity contribution in [2.75, 3.05) is 0 Å². The van der Waals surface area contributed by atoms with Gasteiger partial charge in [0, 0.05) is 5.41 Å². The molecule has 0 aliphatic heterocycles. The Bertz CT molecular complexity index is 590. The lowest BCUT2D eigenvalue weighted by molar-refractivity contribution is -0.0322. The summed E-state index contributed by atoms with van der Waals surface area (Å²) < 4.78 is 5.74. The average Bonchev–Trinajstić information content (AvgIpc) is 3.01. The number of carboxylic acid groups (broad SMARTS) is 1. The van der Waals surface area contributed by atoms with Crippen LogP contribution in [-0.4, -0.2) is 23.1 Å². The molecule has 1 aromatic rings. The predicted octanol–water partition coefficient (Wildman–Crippen LogP) is 3.37. The zero-order valence-corrected chi connectivity index (χ0v) is 12.3. The first-order chi connectivity index (χ1) is 9.91. The summed E-state index contributed by atoms with van der Waals surface area (Å²) in [5.41, 5.74) is 0.128. The van der Waals surface area contributed by atoms with Crippen molar-refractivity contribution < 1.29 is 19.4 Å². The molecule has 2 saturated carbocycles. The van der Waals surface area contributed by atoms with Crippen LogP contribution < -0.4 is 0 Å². The number of fused-ring (bicyclic) bond motifs is 2. The molecule has 112 valence electrons. The van der Waals surface area contributed by atoms with Gasteiger partial charge in [-0.2, -0.15) is 0 Å². The Morgan fingerprint density at radius 1 is 1.19 bits per heavy atom. The summed E-state index contributed by atoms with van der Waals surface area (Å²) in [5.74, 6) is -0.589. The number of carbonyl (C=O) groups excluding carboxylic acids is 1. The van der Waals surface area contributed by atoms with E-state index in [0.29, 0.717) is 11.8 Å². The van der Waals surface area contributed by atoms with Crippen molar-refractivity contribution in [3.05, 3.63) is 35.4 Å². The van der Waals surface area contributed by atoms with E-state index in [0.717, 1.165) is 12.8 Å². The predicted molar refractivity (Wildman–Crippen MR) is 77.2 cm³/mol. The van der Waals surface area contributed by atoms with E-state index in [2.05, 4.69) is 13.8 Å². The number of ether oxygens (including phenoxy) is 1. The summed E-state index contributed by atoms with van der Waals surface area (Å²) in [6, 6.07) is 6.23. The van der Waals surface area contributed by atoms with Gasteiger partial charge in [0.15, 0.2) is 0 Å². The maximum atomic E-state index is 12.4. The SMILES string of the molecule is CC1(C)[C@@H]2CC[C@H](C2)[C@@H]1OC(=O)c1ccccc1C(=O)O. The van der Waals surface area contributed by atoms with Gasteiger partial charge in [0.25, 0.3) is 0 Å².